The van der Waals surface area contributed by atoms with Gasteiger partial charge in [-0.3, -0.25) is 9.69 Å². The fourth-order valence-electron chi connectivity index (χ4n) is 2.18. The molecule has 1 amide bonds. The summed E-state index contributed by atoms with van der Waals surface area (Å²) in [6, 6.07) is 6.44. The summed E-state index contributed by atoms with van der Waals surface area (Å²) < 4.78 is 0. The van der Waals surface area contributed by atoms with Crippen LogP contribution in [0.2, 0.25) is 5.02 Å². The van der Waals surface area contributed by atoms with Crippen LogP contribution in [0.1, 0.15) is 25.3 Å². The van der Waals surface area contributed by atoms with Gasteiger partial charge in [0.2, 0.25) is 0 Å². The molecule has 0 aliphatic carbocycles. The number of anilines is 1. The zero-order valence-electron chi connectivity index (χ0n) is 10.4. The van der Waals surface area contributed by atoms with E-state index in [0.29, 0.717) is 22.7 Å². The Kier molecular flexibility index (Phi) is 3.77. The highest BCUT2D eigenvalue weighted by molar-refractivity contribution is 6.32. The molecular formula is C14H13ClN2O2. The monoisotopic (exact) mass is 276 g/mol. The van der Waals surface area contributed by atoms with E-state index in [1.807, 2.05) is 13.0 Å². The minimum atomic E-state index is -0.346. The number of nitrogens with zero attached hydrogens (tertiary/aromatic N) is 2. The van der Waals surface area contributed by atoms with Gasteiger partial charge in [0.25, 0.3) is 5.91 Å². The van der Waals surface area contributed by atoms with Gasteiger partial charge in [0, 0.05) is 11.8 Å². The molecule has 0 saturated heterocycles. The summed E-state index contributed by atoms with van der Waals surface area (Å²) in [6.45, 7) is 1.99. The molecule has 0 saturated carbocycles. The zero-order chi connectivity index (χ0) is 14.0. The molecule has 0 spiro atoms. The number of amides is 1. The number of aliphatic hydroxyl groups is 1. The van der Waals surface area contributed by atoms with E-state index in [4.69, 9.17) is 16.9 Å². The molecule has 1 aromatic carbocycles. The van der Waals surface area contributed by atoms with Crippen molar-refractivity contribution in [1.82, 2.24) is 0 Å². The van der Waals surface area contributed by atoms with Crippen LogP contribution in [0, 0.1) is 11.3 Å². The minimum absolute atomic E-state index is 0.0762. The highest BCUT2D eigenvalue weighted by Crippen LogP contribution is 2.31. The molecular weight excluding hydrogens is 264 g/mol. The molecule has 5 heteroatoms. The molecule has 0 radical (unpaired) electrons. The van der Waals surface area contributed by atoms with Gasteiger partial charge >= 0.3 is 0 Å². The van der Waals surface area contributed by atoms with Crippen LogP contribution in [0.15, 0.2) is 30.0 Å². The Morgan fingerprint density at radius 2 is 2.26 bits per heavy atom. The third-order valence-corrected chi connectivity index (χ3v) is 3.39. The van der Waals surface area contributed by atoms with Gasteiger partial charge in [-0.15, -0.1) is 0 Å². The first-order valence-corrected chi connectivity index (χ1v) is 6.39. The van der Waals surface area contributed by atoms with E-state index < -0.39 is 0 Å². The number of rotatable bonds is 3. The molecule has 1 aliphatic rings. The van der Waals surface area contributed by atoms with Crippen LogP contribution in [0.4, 0.5) is 5.69 Å². The van der Waals surface area contributed by atoms with Crippen molar-refractivity contribution in [1.29, 1.82) is 5.26 Å². The second-order valence-corrected chi connectivity index (χ2v) is 4.77. The van der Waals surface area contributed by atoms with E-state index in [9.17, 15) is 9.90 Å². The standard InChI is InChI=1S/C14H13ClN2O2/c1-2-3-12-13(18)7-14(19)17(12)10-5-4-9(8-16)11(15)6-10/h4-7,12,18H,2-3H2,1H3. The maximum Gasteiger partial charge on any atom is 0.255 e. The molecule has 0 bridgehead atoms. The molecule has 1 unspecified atom stereocenters. The predicted molar refractivity (Wildman–Crippen MR) is 73.1 cm³/mol. The first kappa shape index (κ1) is 13.4. The second kappa shape index (κ2) is 5.33. The van der Waals surface area contributed by atoms with Crippen LogP contribution in [0.3, 0.4) is 0 Å². The minimum Gasteiger partial charge on any atom is -0.510 e. The number of hydrogen-bond acceptors (Lipinski definition) is 3. The summed E-state index contributed by atoms with van der Waals surface area (Å²) in [7, 11) is 0. The van der Waals surface area contributed by atoms with Crippen LogP contribution in [-0.4, -0.2) is 17.1 Å². The van der Waals surface area contributed by atoms with E-state index in [1.54, 1.807) is 18.2 Å². The van der Waals surface area contributed by atoms with Crippen LogP contribution < -0.4 is 4.90 Å². The molecule has 1 atom stereocenters. The van der Waals surface area contributed by atoms with Gasteiger partial charge in [0.15, 0.2) is 0 Å². The van der Waals surface area contributed by atoms with Gasteiger partial charge in [-0.05, 0) is 24.6 Å². The third kappa shape index (κ3) is 2.42. The van der Waals surface area contributed by atoms with Crippen molar-refractivity contribution in [2.24, 2.45) is 0 Å². The van der Waals surface area contributed by atoms with Gasteiger partial charge < -0.3 is 5.11 Å². The Hall–Kier alpha value is -1.99. The lowest BCUT2D eigenvalue weighted by molar-refractivity contribution is -0.113. The maximum atomic E-state index is 11.9. The first-order chi connectivity index (χ1) is 9.08. The van der Waals surface area contributed by atoms with Crippen molar-refractivity contribution in [3.63, 3.8) is 0 Å². The van der Waals surface area contributed by atoms with Crippen molar-refractivity contribution >= 4 is 23.2 Å². The van der Waals surface area contributed by atoms with Crippen molar-refractivity contribution < 1.29 is 9.90 Å². The fourth-order valence-corrected chi connectivity index (χ4v) is 2.40. The number of carbonyl (C=O) groups excluding carboxylic acids is 1. The summed E-state index contributed by atoms with van der Waals surface area (Å²) in [6.07, 6.45) is 2.74. The molecule has 0 fully saturated rings. The zero-order valence-corrected chi connectivity index (χ0v) is 11.2. The largest absolute Gasteiger partial charge is 0.510 e. The quantitative estimate of drug-likeness (QED) is 0.922. The molecule has 1 aromatic rings. The van der Waals surface area contributed by atoms with Crippen LogP contribution in [-0.2, 0) is 4.79 Å². The van der Waals surface area contributed by atoms with E-state index >= 15 is 0 Å². The van der Waals surface area contributed by atoms with Crippen LogP contribution >= 0.6 is 11.6 Å². The van der Waals surface area contributed by atoms with Gasteiger partial charge in [-0.25, -0.2) is 0 Å². The highest BCUT2D eigenvalue weighted by atomic mass is 35.5. The molecule has 1 N–H and O–H groups in total. The second-order valence-electron chi connectivity index (χ2n) is 4.36. The Bertz CT molecular complexity index is 590. The summed E-state index contributed by atoms with van der Waals surface area (Å²) in [5, 5.41) is 18.9. The Morgan fingerprint density at radius 1 is 1.53 bits per heavy atom. The molecule has 98 valence electrons. The summed E-state index contributed by atoms with van der Waals surface area (Å²) in [5.41, 5.74) is 0.953. The van der Waals surface area contributed by atoms with Crippen molar-refractivity contribution in [2.45, 2.75) is 25.8 Å². The van der Waals surface area contributed by atoms with E-state index in [0.717, 1.165) is 6.42 Å². The number of nitriles is 1. The van der Waals surface area contributed by atoms with Gasteiger partial charge in [-0.1, -0.05) is 24.9 Å². The van der Waals surface area contributed by atoms with Crippen LogP contribution in [0.25, 0.3) is 0 Å². The summed E-state index contributed by atoms with van der Waals surface area (Å²) in [5.74, 6) is -0.191. The Balaban J connectivity index is 2.38. The third-order valence-electron chi connectivity index (χ3n) is 3.08. The number of benzene rings is 1. The molecule has 2 rings (SSSR count). The topological polar surface area (TPSA) is 64.3 Å². The molecule has 0 aromatic heterocycles. The number of halogens is 1. The molecule has 1 aliphatic heterocycles. The Labute approximate surface area is 116 Å². The Morgan fingerprint density at radius 3 is 2.84 bits per heavy atom. The van der Waals surface area contributed by atoms with Crippen molar-refractivity contribution in [3.05, 3.63) is 40.6 Å². The van der Waals surface area contributed by atoms with E-state index in [1.165, 1.54) is 11.0 Å². The average molecular weight is 277 g/mol. The van der Waals surface area contributed by atoms with E-state index in [2.05, 4.69) is 0 Å². The number of aliphatic hydroxyl groups excluding tert-OH is 1. The normalized spacial score (nSPS) is 18.4. The lowest BCUT2D eigenvalue weighted by atomic mass is 10.1. The summed E-state index contributed by atoms with van der Waals surface area (Å²) >= 11 is 5.98. The highest BCUT2D eigenvalue weighted by Gasteiger charge is 2.33. The first-order valence-electron chi connectivity index (χ1n) is 6.02. The average Bonchev–Trinajstić information content (AvgIpc) is 2.65. The lowest BCUT2D eigenvalue weighted by Crippen LogP contribution is -2.35. The van der Waals surface area contributed by atoms with Gasteiger partial charge in [-0.2, -0.15) is 5.26 Å². The number of carbonyl (C=O) groups is 1. The fraction of sp³-hybridized carbons (Fsp3) is 0.286. The van der Waals surface area contributed by atoms with Gasteiger partial charge in [0.1, 0.15) is 11.8 Å². The number of hydrogen-bond donors (Lipinski definition) is 1. The maximum absolute atomic E-state index is 11.9. The van der Waals surface area contributed by atoms with E-state index in [-0.39, 0.29) is 17.7 Å². The van der Waals surface area contributed by atoms with Crippen LogP contribution in [0.5, 0.6) is 0 Å². The SMILES string of the molecule is CCCC1C(O)=CC(=O)N1c1ccc(C#N)c(Cl)c1. The molecule has 1 heterocycles. The predicted octanol–water partition coefficient (Wildman–Crippen LogP) is 3.17. The van der Waals surface area contributed by atoms with Crippen molar-refractivity contribution in [3.8, 4) is 6.07 Å². The van der Waals surface area contributed by atoms with Crippen molar-refractivity contribution in [2.75, 3.05) is 4.90 Å². The summed E-state index contributed by atoms with van der Waals surface area (Å²) in [4.78, 5) is 13.4. The molecule has 19 heavy (non-hydrogen) atoms. The van der Waals surface area contributed by atoms with Gasteiger partial charge in [0.05, 0.1) is 16.6 Å². The molecule has 4 nitrogen and oxygen atoms in total. The lowest BCUT2D eigenvalue weighted by Gasteiger charge is -2.25. The smallest absolute Gasteiger partial charge is 0.255 e.